The van der Waals surface area contributed by atoms with E-state index in [9.17, 15) is 0 Å². The minimum Gasteiger partial charge on any atom is -0.468 e. The van der Waals surface area contributed by atoms with Crippen molar-refractivity contribution in [2.24, 2.45) is 5.73 Å². The quantitative estimate of drug-likeness (QED) is 0.829. The van der Waals surface area contributed by atoms with E-state index in [0.717, 1.165) is 12.2 Å². The first kappa shape index (κ1) is 9.99. The van der Waals surface area contributed by atoms with Crippen molar-refractivity contribution in [3.05, 3.63) is 59.5 Å². The predicted molar refractivity (Wildman–Crippen MR) is 60.5 cm³/mol. The molecule has 0 saturated carbocycles. The van der Waals surface area contributed by atoms with Crippen LogP contribution in [0.15, 0.2) is 47.1 Å². The smallest absolute Gasteiger partial charge is 0.120 e. The first-order valence-electron chi connectivity index (χ1n) is 5.10. The van der Waals surface area contributed by atoms with Crippen molar-refractivity contribution >= 4 is 0 Å². The van der Waals surface area contributed by atoms with Gasteiger partial charge in [0.2, 0.25) is 0 Å². The highest BCUT2D eigenvalue weighted by molar-refractivity contribution is 5.23. The molecule has 0 amide bonds. The van der Waals surface area contributed by atoms with Gasteiger partial charge in [-0.15, -0.1) is 0 Å². The zero-order chi connectivity index (χ0) is 10.7. The topological polar surface area (TPSA) is 39.2 Å². The molecule has 1 atom stereocenters. The predicted octanol–water partition coefficient (Wildman–Crippen LogP) is 2.83. The van der Waals surface area contributed by atoms with Gasteiger partial charge in [-0.2, -0.15) is 0 Å². The van der Waals surface area contributed by atoms with E-state index in [1.807, 2.05) is 12.1 Å². The van der Waals surface area contributed by atoms with Crippen molar-refractivity contribution < 1.29 is 4.42 Å². The Kier molecular flexibility index (Phi) is 2.88. The van der Waals surface area contributed by atoms with Crippen LogP contribution in [0.2, 0.25) is 0 Å². The molecule has 0 aliphatic carbocycles. The van der Waals surface area contributed by atoms with Gasteiger partial charge < -0.3 is 10.2 Å². The molecule has 1 unspecified atom stereocenters. The summed E-state index contributed by atoms with van der Waals surface area (Å²) in [6.07, 6.45) is 2.47. The Morgan fingerprint density at radius 1 is 1.20 bits per heavy atom. The van der Waals surface area contributed by atoms with Crippen LogP contribution >= 0.6 is 0 Å². The van der Waals surface area contributed by atoms with Crippen LogP contribution in [0.1, 0.15) is 22.9 Å². The van der Waals surface area contributed by atoms with Gasteiger partial charge in [-0.25, -0.2) is 0 Å². The fourth-order valence-electron chi connectivity index (χ4n) is 1.58. The maximum atomic E-state index is 6.02. The number of hydrogen-bond donors (Lipinski definition) is 1. The van der Waals surface area contributed by atoms with E-state index in [-0.39, 0.29) is 6.04 Å². The second kappa shape index (κ2) is 4.32. The van der Waals surface area contributed by atoms with Gasteiger partial charge in [0.15, 0.2) is 0 Å². The van der Waals surface area contributed by atoms with Crippen LogP contribution in [-0.4, -0.2) is 0 Å². The van der Waals surface area contributed by atoms with Crippen molar-refractivity contribution in [2.45, 2.75) is 19.4 Å². The first-order valence-corrected chi connectivity index (χ1v) is 5.10. The molecule has 2 heteroatoms. The molecule has 0 aliphatic heterocycles. The second-order valence-electron chi connectivity index (χ2n) is 3.81. The summed E-state index contributed by atoms with van der Waals surface area (Å²) in [6, 6.07) is 12.1. The fraction of sp³-hybridized carbons (Fsp3) is 0.231. The van der Waals surface area contributed by atoms with Crippen molar-refractivity contribution in [2.75, 3.05) is 0 Å². The summed E-state index contributed by atoms with van der Waals surface area (Å²) >= 11 is 0. The van der Waals surface area contributed by atoms with E-state index in [1.54, 1.807) is 6.26 Å². The number of hydrogen-bond acceptors (Lipinski definition) is 2. The number of nitrogens with two attached hydrogens (primary N) is 1. The SMILES string of the molecule is Cc1ccc(CC(N)c2ccco2)cc1. The largest absolute Gasteiger partial charge is 0.468 e. The molecule has 1 aromatic carbocycles. The zero-order valence-electron chi connectivity index (χ0n) is 8.81. The Labute approximate surface area is 89.7 Å². The lowest BCUT2D eigenvalue weighted by Crippen LogP contribution is -2.12. The van der Waals surface area contributed by atoms with Crippen molar-refractivity contribution in [3.63, 3.8) is 0 Å². The Hall–Kier alpha value is -1.54. The van der Waals surface area contributed by atoms with E-state index in [4.69, 9.17) is 10.2 Å². The normalized spacial score (nSPS) is 12.7. The summed E-state index contributed by atoms with van der Waals surface area (Å²) in [5.41, 5.74) is 8.52. The lowest BCUT2D eigenvalue weighted by atomic mass is 10.0. The summed E-state index contributed by atoms with van der Waals surface area (Å²) in [7, 11) is 0. The highest BCUT2D eigenvalue weighted by Crippen LogP contribution is 2.16. The fourth-order valence-corrected chi connectivity index (χ4v) is 1.58. The lowest BCUT2D eigenvalue weighted by molar-refractivity contribution is 0.464. The molecule has 0 fully saturated rings. The summed E-state index contributed by atoms with van der Waals surface area (Å²) in [5, 5.41) is 0. The van der Waals surface area contributed by atoms with Crippen LogP contribution in [0, 0.1) is 6.92 Å². The highest BCUT2D eigenvalue weighted by Gasteiger charge is 2.08. The zero-order valence-corrected chi connectivity index (χ0v) is 8.81. The molecule has 0 bridgehead atoms. The van der Waals surface area contributed by atoms with Crippen LogP contribution < -0.4 is 5.73 Å². The van der Waals surface area contributed by atoms with Crippen LogP contribution in [0.3, 0.4) is 0 Å². The Morgan fingerprint density at radius 3 is 2.53 bits per heavy atom. The third-order valence-corrected chi connectivity index (χ3v) is 2.48. The van der Waals surface area contributed by atoms with Gasteiger partial charge in [-0.05, 0) is 31.0 Å². The molecule has 2 rings (SSSR count). The van der Waals surface area contributed by atoms with Gasteiger partial charge in [0.1, 0.15) is 5.76 Å². The number of benzene rings is 1. The van der Waals surface area contributed by atoms with Crippen LogP contribution in [0.4, 0.5) is 0 Å². The lowest BCUT2D eigenvalue weighted by Gasteiger charge is -2.08. The molecule has 0 saturated heterocycles. The van der Waals surface area contributed by atoms with Crippen molar-refractivity contribution in [1.82, 2.24) is 0 Å². The number of furan rings is 1. The van der Waals surface area contributed by atoms with E-state index in [1.165, 1.54) is 11.1 Å². The van der Waals surface area contributed by atoms with E-state index >= 15 is 0 Å². The van der Waals surface area contributed by atoms with Gasteiger partial charge in [0.05, 0.1) is 12.3 Å². The maximum absolute atomic E-state index is 6.02. The molecule has 0 spiro atoms. The molecule has 2 aromatic rings. The molecule has 0 aliphatic rings. The highest BCUT2D eigenvalue weighted by atomic mass is 16.3. The molecule has 78 valence electrons. The van der Waals surface area contributed by atoms with Gasteiger partial charge in [-0.3, -0.25) is 0 Å². The average molecular weight is 201 g/mol. The maximum Gasteiger partial charge on any atom is 0.120 e. The standard InChI is InChI=1S/C13H15NO/c1-10-4-6-11(7-5-10)9-12(14)13-3-2-8-15-13/h2-8,12H,9,14H2,1H3. The van der Waals surface area contributed by atoms with Crippen LogP contribution in [0.25, 0.3) is 0 Å². The molecule has 15 heavy (non-hydrogen) atoms. The third kappa shape index (κ3) is 2.48. The van der Waals surface area contributed by atoms with Gasteiger partial charge in [0.25, 0.3) is 0 Å². The third-order valence-electron chi connectivity index (χ3n) is 2.48. The minimum atomic E-state index is -0.0530. The summed E-state index contributed by atoms with van der Waals surface area (Å²) in [5.74, 6) is 0.843. The molecule has 2 N–H and O–H groups in total. The van der Waals surface area contributed by atoms with Gasteiger partial charge >= 0.3 is 0 Å². The van der Waals surface area contributed by atoms with Crippen LogP contribution in [-0.2, 0) is 6.42 Å². The summed E-state index contributed by atoms with van der Waals surface area (Å²) in [4.78, 5) is 0. The van der Waals surface area contributed by atoms with Crippen molar-refractivity contribution in [1.29, 1.82) is 0 Å². The number of aryl methyl sites for hydroxylation is 1. The Balaban J connectivity index is 2.06. The first-order chi connectivity index (χ1) is 7.25. The minimum absolute atomic E-state index is 0.0530. The van der Waals surface area contributed by atoms with E-state index in [2.05, 4.69) is 31.2 Å². The molecular formula is C13H15NO. The van der Waals surface area contributed by atoms with E-state index < -0.39 is 0 Å². The molecule has 1 heterocycles. The molecule has 1 aromatic heterocycles. The molecule has 2 nitrogen and oxygen atoms in total. The Bertz CT molecular complexity index is 403. The molecule has 0 radical (unpaired) electrons. The second-order valence-corrected chi connectivity index (χ2v) is 3.81. The summed E-state index contributed by atoms with van der Waals surface area (Å²) in [6.45, 7) is 2.08. The number of rotatable bonds is 3. The van der Waals surface area contributed by atoms with E-state index in [0.29, 0.717) is 0 Å². The van der Waals surface area contributed by atoms with Crippen molar-refractivity contribution in [3.8, 4) is 0 Å². The van der Waals surface area contributed by atoms with Gasteiger partial charge in [-0.1, -0.05) is 29.8 Å². The average Bonchev–Trinajstić information content (AvgIpc) is 2.74. The molecular weight excluding hydrogens is 186 g/mol. The Morgan fingerprint density at radius 2 is 1.93 bits per heavy atom. The van der Waals surface area contributed by atoms with Crippen LogP contribution in [0.5, 0.6) is 0 Å². The van der Waals surface area contributed by atoms with Gasteiger partial charge in [0, 0.05) is 0 Å². The summed E-state index contributed by atoms with van der Waals surface area (Å²) < 4.78 is 5.27. The monoisotopic (exact) mass is 201 g/mol.